The Labute approximate surface area is 171 Å². The van der Waals surface area contributed by atoms with E-state index < -0.39 is 10.0 Å². The van der Waals surface area contributed by atoms with Gasteiger partial charge in [0.2, 0.25) is 5.91 Å². The molecule has 0 saturated carbocycles. The van der Waals surface area contributed by atoms with Crippen LogP contribution in [-0.2, 0) is 21.2 Å². The number of nitrogens with zero attached hydrogens (tertiary/aromatic N) is 3. The highest BCUT2D eigenvalue weighted by Crippen LogP contribution is 2.29. The number of benzene rings is 1. The molecule has 3 rings (SSSR count). The summed E-state index contributed by atoms with van der Waals surface area (Å²) in [6.45, 7) is 1.41. The highest BCUT2D eigenvalue weighted by Gasteiger charge is 2.30. The number of hydrogen-bond donors (Lipinski definition) is 0. The summed E-state index contributed by atoms with van der Waals surface area (Å²) in [5.41, 5.74) is 1.60. The zero-order valence-corrected chi connectivity index (χ0v) is 17.7. The third kappa shape index (κ3) is 4.76. The molecule has 0 unspecified atom stereocenters. The highest BCUT2D eigenvalue weighted by atomic mass is 79.9. The fraction of sp³-hybridized carbons (Fsp3) is 0.333. The van der Waals surface area contributed by atoms with Gasteiger partial charge in [-0.05, 0) is 52.2 Å². The number of sulfonamides is 1. The van der Waals surface area contributed by atoms with Gasteiger partial charge in [-0.2, -0.15) is 9.57 Å². The van der Waals surface area contributed by atoms with E-state index in [0.717, 1.165) is 9.35 Å². The van der Waals surface area contributed by atoms with E-state index in [1.54, 1.807) is 29.2 Å². The van der Waals surface area contributed by atoms with Gasteiger partial charge in [-0.15, -0.1) is 11.3 Å². The molecule has 1 aromatic carbocycles. The summed E-state index contributed by atoms with van der Waals surface area (Å²) >= 11 is 4.48. The van der Waals surface area contributed by atoms with E-state index in [1.165, 1.54) is 15.6 Å². The van der Waals surface area contributed by atoms with E-state index in [-0.39, 0.29) is 5.91 Å². The van der Waals surface area contributed by atoms with Crippen LogP contribution in [0, 0.1) is 11.3 Å². The van der Waals surface area contributed by atoms with E-state index >= 15 is 0 Å². The summed E-state index contributed by atoms with van der Waals surface area (Å²) in [6, 6.07) is 12.6. The Kier molecular flexibility index (Phi) is 6.32. The van der Waals surface area contributed by atoms with Crippen molar-refractivity contribution in [1.82, 2.24) is 9.21 Å². The van der Waals surface area contributed by atoms with Gasteiger partial charge in [-0.25, -0.2) is 8.42 Å². The number of nitriles is 1. The normalized spacial score (nSPS) is 15.5. The molecule has 1 fully saturated rings. The molecule has 6 nitrogen and oxygen atoms in total. The van der Waals surface area contributed by atoms with E-state index in [0.29, 0.717) is 48.8 Å². The van der Waals surface area contributed by atoms with E-state index in [2.05, 4.69) is 22.0 Å². The topological polar surface area (TPSA) is 81.5 Å². The third-order valence-corrected chi connectivity index (χ3v) is 8.43. The molecule has 0 radical (unpaired) electrons. The summed E-state index contributed by atoms with van der Waals surface area (Å²) in [4.78, 5) is 14.1. The lowest BCUT2D eigenvalue weighted by atomic mass is 10.1. The van der Waals surface area contributed by atoms with Crippen LogP contribution in [0.1, 0.15) is 17.5 Å². The molecule has 1 amide bonds. The molecular formula is C18H18BrN3O3S2. The summed E-state index contributed by atoms with van der Waals surface area (Å²) in [7, 11) is -3.49. The molecule has 1 aliphatic heterocycles. The lowest BCUT2D eigenvalue weighted by Gasteiger charge is -2.33. The number of carbonyl (C=O) groups is 1. The van der Waals surface area contributed by atoms with Gasteiger partial charge in [-0.1, -0.05) is 12.1 Å². The summed E-state index contributed by atoms with van der Waals surface area (Å²) in [5.74, 6) is 0.0234. The quantitative estimate of drug-likeness (QED) is 0.676. The number of rotatable bonds is 5. The fourth-order valence-corrected chi connectivity index (χ4v) is 6.48. The molecule has 1 aromatic heterocycles. The van der Waals surface area contributed by atoms with Crippen molar-refractivity contribution in [3.05, 3.63) is 51.3 Å². The molecule has 1 aliphatic rings. The zero-order chi connectivity index (χ0) is 19.4. The maximum atomic E-state index is 12.6. The molecule has 0 aliphatic carbocycles. The van der Waals surface area contributed by atoms with Gasteiger partial charge in [0.05, 0.1) is 15.4 Å². The minimum atomic E-state index is -3.49. The fourth-order valence-electron chi connectivity index (χ4n) is 2.90. The molecule has 0 spiro atoms. The van der Waals surface area contributed by atoms with Gasteiger partial charge in [-0.3, -0.25) is 4.79 Å². The zero-order valence-electron chi connectivity index (χ0n) is 14.5. The molecule has 1 saturated heterocycles. The van der Waals surface area contributed by atoms with E-state index in [9.17, 15) is 13.2 Å². The van der Waals surface area contributed by atoms with Crippen LogP contribution in [-0.4, -0.2) is 49.7 Å². The average molecular weight is 468 g/mol. The van der Waals surface area contributed by atoms with Gasteiger partial charge in [0.25, 0.3) is 10.0 Å². The Morgan fingerprint density at radius 3 is 2.33 bits per heavy atom. The number of aryl methyl sites for hydroxylation is 1. The van der Waals surface area contributed by atoms with Crippen LogP contribution in [0.4, 0.5) is 0 Å². The van der Waals surface area contributed by atoms with E-state index in [1.807, 2.05) is 12.1 Å². The van der Waals surface area contributed by atoms with Crippen molar-refractivity contribution in [2.45, 2.75) is 17.1 Å². The van der Waals surface area contributed by atoms with Crippen LogP contribution < -0.4 is 0 Å². The van der Waals surface area contributed by atoms with E-state index in [4.69, 9.17) is 5.26 Å². The van der Waals surface area contributed by atoms with Crippen LogP contribution in [0.15, 0.2) is 44.4 Å². The second-order valence-corrected chi connectivity index (χ2v) is 10.8. The summed E-state index contributed by atoms with van der Waals surface area (Å²) in [6.07, 6.45) is 0.975. The highest BCUT2D eigenvalue weighted by molar-refractivity contribution is 9.11. The van der Waals surface area contributed by atoms with Crippen molar-refractivity contribution in [2.24, 2.45) is 0 Å². The average Bonchev–Trinajstić information content (AvgIpc) is 3.14. The molecule has 27 heavy (non-hydrogen) atoms. The van der Waals surface area contributed by atoms with Gasteiger partial charge >= 0.3 is 0 Å². The predicted octanol–water partition coefficient (Wildman–Crippen LogP) is 2.85. The molecule has 2 aromatic rings. The molecule has 0 bridgehead atoms. The SMILES string of the molecule is N#Cc1ccc(CCC(=O)N2CCN(S(=O)(=O)c3ccc(Br)s3)CC2)cc1. The van der Waals surface area contributed by atoms with Crippen molar-refractivity contribution >= 4 is 43.2 Å². The lowest BCUT2D eigenvalue weighted by Crippen LogP contribution is -2.50. The predicted molar refractivity (Wildman–Crippen MR) is 107 cm³/mol. The molecular weight excluding hydrogens is 450 g/mol. The van der Waals surface area contributed by atoms with Gasteiger partial charge in [0.15, 0.2) is 0 Å². The second-order valence-electron chi connectivity index (χ2n) is 6.15. The third-order valence-electron chi connectivity index (χ3n) is 4.44. The maximum absolute atomic E-state index is 12.6. The lowest BCUT2D eigenvalue weighted by molar-refractivity contribution is -0.132. The molecule has 9 heteroatoms. The van der Waals surface area contributed by atoms with Crippen LogP contribution in [0.3, 0.4) is 0 Å². The molecule has 0 N–H and O–H groups in total. The Morgan fingerprint density at radius 2 is 1.78 bits per heavy atom. The standard InChI is InChI=1S/C18H18BrN3O3S2/c19-16-6-8-18(26-16)27(24,25)22-11-9-21(10-12-22)17(23)7-5-14-1-3-15(13-20)4-2-14/h1-4,6,8H,5,7,9-12H2. The second kappa shape index (κ2) is 8.52. The number of amides is 1. The maximum Gasteiger partial charge on any atom is 0.252 e. The number of hydrogen-bond acceptors (Lipinski definition) is 5. The molecule has 2 heterocycles. The van der Waals surface area contributed by atoms with Crippen LogP contribution >= 0.6 is 27.3 Å². The Hall–Kier alpha value is -1.73. The van der Waals surface area contributed by atoms with Crippen molar-refractivity contribution in [1.29, 1.82) is 5.26 Å². The first-order valence-electron chi connectivity index (χ1n) is 8.42. The first kappa shape index (κ1) is 20.0. The first-order valence-corrected chi connectivity index (χ1v) is 11.5. The summed E-state index contributed by atoms with van der Waals surface area (Å²) < 4.78 is 27.8. The number of piperazine rings is 1. The van der Waals surface area contributed by atoms with Crippen molar-refractivity contribution in [3.63, 3.8) is 0 Å². The Bertz CT molecular complexity index is 956. The summed E-state index contributed by atoms with van der Waals surface area (Å²) in [5, 5.41) is 8.81. The van der Waals surface area contributed by atoms with Crippen LogP contribution in [0.5, 0.6) is 0 Å². The first-order chi connectivity index (χ1) is 12.9. The largest absolute Gasteiger partial charge is 0.340 e. The van der Waals surface area contributed by atoms with Crippen molar-refractivity contribution < 1.29 is 13.2 Å². The Balaban J connectivity index is 1.52. The van der Waals surface area contributed by atoms with Gasteiger partial charge in [0.1, 0.15) is 4.21 Å². The molecule has 142 valence electrons. The van der Waals surface area contributed by atoms with Gasteiger partial charge < -0.3 is 4.90 Å². The monoisotopic (exact) mass is 467 g/mol. The van der Waals surface area contributed by atoms with Gasteiger partial charge in [0, 0.05) is 32.6 Å². The smallest absolute Gasteiger partial charge is 0.252 e. The van der Waals surface area contributed by atoms with Crippen molar-refractivity contribution in [2.75, 3.05) is 26.2 Å². The number of carbonyl (C=O) groups excluding carboxylic acids is 1. The number of halogens is 1. The minimum Gasteiger partial charge on any atom is -0.340 e. The number of thiophene rings is 1. The van der Waals surface area contributed by atoms with Crippen LogP contribution in [0.2, 0.25) is 0 Å². The van der Waals surface area contributed by atoms with Crippen LogP contribution in [0.25, 0.3) is 0 Å². The minimum absolute atomic E-state index is 0.0234. The Morgan fingerprint density at radius 1 is 1.11 bits per heavy atom. The molecule has 0 atom stereocenters. The van der Waals surface area contributed by atoms with Crippen molar-refractivity contribution in [3.8, 4) is 6.07 Å².